The predicted molar refractivity (Wildman–Crippen MR) is 89.9 cm³/mol. The van der Waals surface area contributed by atoms with Gasteiger partial charge in [-0.3, -0.25) is 4.79 Å². The third-order valence-electron chi connectivity index (χ3n) is 5.07. The van der Waals surface area contributed by atoms with Gasteiger partial charge in [0.1, 0.15) is 0 Å². The molecule has 2 aliphatic rings. The van der Waals surface area contributed by atoms with Crippen LogP contribution in [0.5, 0.6) is 0 Å². The zero-order chi connectivity index (χ0) is 15.5. The van der Waals surface area contributed by atoms with Crippen molar-refractivity contribution in [2.45, 2.75) is 32.1 Å². The summed E-state index contributed by atoms with van der Waals surface area (Å²) in [4.78, 5) is 13.2. The number of carbonyl (C=O) groups excluding carboxylic acids is 1. The molecule has 0 aromatic heterocycles. The Morgan fingerprint density at radius 1 is 1.00 bits per heavy atom. The molecule has 1 aliphatic carbocycles. The number of para-hydroxylation sites is 1. The molecule has 0 radical (unpaired) electrons. The van der Waals surface area contributed by atoms with E-state index in [1.165, 1.54) is 5.56 Å². The Balaban J connectivity index is 2.02. The van der Waals surface area contributed by atoms with Crippen molar-refractivity contribution in [2.75, 3.05) is 5.32 Å². The highest BCUT2D eigenvalue weighted by atomic mass is 16.1. The van der Waals surface area contributed by atoms with Crippen LogP contribution in [0, 0.1) is 0 Å². The average Bonchev–Trinajstić information content (AvgIpc) is 2.53. The second kappa shape index (κ2) is 4.33. The third-order valence-corrected chi connectivity index (χ3v) is 5.07. The van der Waals surface area contributed by atoms with E-state index in [2.05, 4.69) is 36.5 Å². The van der Waals surface area contributed by atoms with Crippen LogP contribution in [-0.2, 0) is 10.2 Å². The molecule has 0 saturated heterocycles. The molecule has 0 spiro atoms. The average molecular weight is 289 g/mol. The van der Waals surface area contributed by atoms with Gasteiger partial charge in [0.2, 0.25) is 0 Å². The van der Waals surface area contributed by atoms with Gasteiger partial charge in [0.25, 0.3) is 0 Å². The molecule has 2 heteroatoms. The normalized spacial score (nSPS) is 21.6. The van der Waals surface area contributed by atoms with Crippen LogP contribution in [0.1, 0.15) is 43.4 Å². The van der Waals surface area contributed by atoms with Crippen molar-refractivity contribution in [3.8, 4) is 0 Å². The highest BCUT2D eigenvalue weighted by molar-refractivity contribution is 6.15. The summed E-state index contributed by atoms with van der Waals surface area (Å²) in [5.74, 6) is 0.350. The standard InChI is InChI=1S/C20H19NO/c1-12-13-8-5-7-11-16(13)21-18-14-9-4-6-10-15(14)20(2,3)19(22)17(12)18/h4-12,21H,1-3H3. The molecule has 1 aliphatic heterocycles. The van der Waals surface area contributed by atoms with Crippen molar-refractivity contribution >= 4 is 17.2 Å². The topological polar surface area (TPSA) is 29.1 Å². The monoisotopic (exact) mass is 289 g/mol. The number of anilines is 1. The van der Waals surface area contributed by atoms with Crippen LogP contribution in [-0.4, -0.2) is 5.78 Å². The number of carbonyl (C=O) groups is 1. The fourth-order valence-electron chi connectivity index (χ4n) is 3.79. The molecule has 0 bridgehead atoms. The number of nitrogens with one attached hydrogen (secondary N) is 1. The van der Waals surface area contributed by atoms with E-state index in [0.29, 0.717) is 0 Å². The highest BCUT2D eigenvalue weighted by Crippen LogP contribution is 2.48. The largest absolute Gasteiger partial charge is 0.354 e. The number of ketones is 1. The van der Waals surface area contributed by atoms with E-state index in [1.807, 2.05) is 38.1 Å². The Hall–Kier alpha value is -2.35. The van der Waals surface area contributed by atoms with Crippen molar-refractivity contribution < 1.29 is 4.79 Å². The molecule has 4 rings (SSSR count). The second-order valence-electron chi connectivity index (χ2n) is 6.72. The maximum Gasteiger partial charge on any atom is 0.171 e. The van der Waals surface area contributed by atoms with E-state index >= 15 is 0 Å². The lowest BCUT2D eigenvalue weighted by Crippen LogP contribution is -2.39. The lowest BCUT2D eigenvalue weighted by atomic mass is 9.66. The first-order valence-corrected chi connectivity index (χ1v) is 7.76. The smallest absolute Gasteiger partial charge is 0.171 e. The van der Waals surface area contributed by atoms with Gasteiger partial charge in [-0.05, 0) is 31.0 Å². The first-order chi connectivity index (χ1) is 10.5. The van der Waals surface area contributed by atoms with Gasteiger partial charge in [-0.1, -0.05) is 49.4 Å². The summed E-state index contributed by atoms with van der Waals surface area (Å²) in [6.07, 6.45) is 0. The van der Waals surface area contributed by atoms with Gasteiger partial charge in [0.05, 0.1) is 11.1 Å². The molecule has 1 N–H and O–H groups in total. The van der Waals surface area contributed by atoms with E-state index in [0.717, 1.165) is 28.1 Å². The van der Waals surface area contributed by atoms with Crippen molar-refractivity contribution in [3.05, 3.63) is 70.8 Å². The van der Waals surface area contributed by atoms with Crippen molar-refractivity contribution in [1.29, 1.82) is 0 Å². The summed E-state index contributed by atoms with van der Waals surface area (Å²) >= 11 is 0. The highest BCUT2D eigenvalue weighted by Gasteiger charge is 2.43. The minimum atomic E-state index is -0.475. The van der Waals surface area contributed by atoms with E-state index < -0.39 is 5.41 Å². The first-order valence-electron chi connectivity index (χ1n) is 7.76. The van der Waals surface area contributed by atoms with Gasteiger partial charge in [-0.15, -0.1) is 0 Å². The SMILES string of the molecule is CC1C2=C(Nc3ccccc31)c1ccccc1C(C)(C)C2=O. The number of Topliss-reactive ketones (excluding diaryl/α,β-unsaturated/α-hetero) is 1. The number of benzene rings is 2. The number of hydrogen-bond donors (Lipinski definition) is 1. The molecule has 0 saturated carbocycles. The van der Waals surface area contributed by atoms with Crippen molar-refractivity contribution in [2.24, 2.45) is 0 Å². The molecule has 1 unspecified atom stereocenters. The molecule has 2 aromatic rings. The van der Waals surface area contributed by atoms with E-state index in [4.69, 9.17) is 0 Å². The van der Waals surface area contributed by atoms with Crippen LogP contribution in [0.25, 0.3) is 5.70 Å². The molecule has 1 heterocycles. The summed E-state index contributed by atoms with van der Waals surface area (Å²) in [5.41, 5.74) is 6.01. The van der Waals surface area contributed by atoms with Crippen LogP contribution >= 0.6 is 0 Å². The number of fused-ring (bicyclic) bond motifs is 3. The molecule has 0 amide bonds. The van der Waals surface area contributed by atoms with Crippen LogP contribution in [0.4, 0.5) is 5.69 Å². The molecule has 2 nitrogen and oxygen atoms in total. The predicted octanol–water partition coefficient (Wildman–Crippen LogP) is 4.49. The number of hydrogen-bond acceptors (Lipinski definition) is 2. The van der Waals surface area contributed by atoms with Gasteiger partial charge in [-0.2, -0.15) is 0 Å². The maximum atomic E-state index is 13.2. The van der Waals surface area contributed by atoms with Crippen molar-refractivity contribution in [3.63, 3.8) is 0 Å². The molecular weight excluding hydrogens is 270 g/mol. The lowest BCUT2D eigenvalue weighted by Gasteiger charge is -2.39. The summed E-state index contributed by atoms with van der Waals surface area (Å²) in [6.45, 7) is 6.20. The Kier molecular flexibility index (Phi) is 2.62. The minimum absolute atomic E-state index is 0.118. The van der Waals surface area contributed by atoms with E-state index in [1.54, 1.807) is 0 Å². The Morgan fingerprint density at radius 3 is 2.50 bits per heavy atom. The van der Waals surface area contributed by atoms with Gasteiger partial charge < -0.3 is 5.32 Å². The Morgan fingerprint density at radius 2 is 1.68 bits per heavy atom. The molecule has 2 aromatic carbocycles. The quantitative estimate of drug-likeness (QED) is 0.774. The summed E-state index contributed by atoms with van der Waals surface area (Å²) in [6, 6.07) is 16.5. The second-order valence-corrected chi connectivity index (χ2v) is 6.72. The van der Waals surface area contributed by atoms with Crippen LogP contribution in [0.15, 0.2) is 54.1 Å². The summed E-state index contributed by atoms with van der Waals surface area (Å²) in [7, 11) is 0. The number of rotatable bonds is 0. The molecule has 110 valence electrons. The fourth-order valence-corrected chi connectivity index (χ4v) is 3.79. The Bertz CT molecular complexity index is 829. The van der Waals surface area contributed by atoms with Gasteiger partial charge in [0, 0.05) is 22.7 Å². The lowest BCUT2D eigenvalue weighted by molar-refractivity contribution is -0.120. The molecule has 22 heavy (non-hydrogen) atoms. The van der Waals surface area contributed by atoms with Crippen LogP contribution in [0.3, 0.4) is 0 Å². The minimum Gasteiger partial charge on any atom is -0.354 e. The Labute approximate surface area is 130 Å². The first kappa shape index (κ1) is 13.3. The van der Waals surface area contributed by atoms with Gasteiger partial charge in [0.15, 0.2) is 5.78 Å². The van der Waals surface area contributed by atoms with Crippen LogP contribution in [0.2, 0.25) is 0 Å². The summed E-state index contributed by atoms with van der Waals surface area (Å²) in [5, 5.41) is 3.51. The van der Waals surface area contributed by atoms with Gasteiger partial charge in [-0.25, -0.2) is 0 Å². The van der Waals surface area contributed by atoms with Crippen LogP contribution < -0.4 is 5.32 Å². The van der Waals surface area contributed by atoms with Crippen molar-refractivity contribution in [1.82, 2.24) is 0 Å². The maximum absolute atomic E-state index is 13.2. The molecule has 0 fully saturated rings. The summed E-state index contributed by atoms with van der Waals surface area (Å²) < 4.78 is 0. The zero-order valence-electron chi connectivity index (χ0n) is 13.1. The third kappa shape index (κ3) is 1.58. The van der Waals surface area contributed by atoms with E-state index in [-0.39, 0.29) is 11.7 Å². The zero-order valence-corrected chi connectivity index (χ0v) is 13.1. The number of allylic oxidation sites excluding steroid dienone is 1. The molecule has 1 atom stereocenters. The fraction of sp³-hybridized carbons (Fsp3) is 0.250. The van der Waals surface area contributed by atoms with Gasteiger partial charge >= 0.3 is 0 Å². The molecular formula is C20H19NO. The van der Waals surface area contributed by atoms with E-state index in [9.17, 15) is 4.79 Å².